The predicted molar refractivity (Wildman–Crippen MR) is 84.9 cm³/mol. The van der Waals surface area contributed by atoms with Crippen LogP contribution < -0.4 is 5.73 Å². The van der Waals surface area contributed by atoms with Crippen LogP contribution in [0.5, 0.6) is 0 Å². The zero-order valence-electron chi connectivity index (χ0n) is 13.0. The van der Waals surface area contributed by atoms with Crippen LogP contribution in [0, 0.1) is 5.92 Å². The molecule has 0 aliphatic carbocycles. The number of hydrogen-bond donors (Lipinski definition) is 2. The van der Waals surface area contributed by atoms with E-state index >= 15 is 0 Å². The van der Waals surface area contributed by atoms with E-state index in [2.05, 4.69) is 6.92 Å². The summed E-state index contributed by atoms with van der Waals surface area (Å²) in [5.74, 6) is 0.750. The summed E-state index contributed by atoms with van der Waals surface area (Å²) in [6.45, 7) is 5.45. The SMILES string of the molecule is CC(CC(=O)N1CCC(C(C)O)CC1)c1ccc(N)cc1. The fourth-order valence-corrected chi connectivity index (χ4v) is 2.96. The molecule has 1 aromatic rings. The molecule has 1 heterocycles. The van der Waals surface area contributed by atoms with Gasteiger partial charge in [-0.25, -0.2) is 0 Å². The average Bonchev–Trinajstić information content (AvgIpc) is 2.47. The number of likely N-dealkylation sites (tertiary alicyclic amines) is 1. The van der Waals surface area contributed by atoms with Gasteiger partial charge in [-0.05, 0) is 49.3 Å². The molecule has 1 aromatic carbocycles. The molecule has 1 amide bonds. The number of nitrogens with two attached hydrogens (primary N) is 1. The lowest BCUT2D eigenvalue weighted by molar-refractivity contribution is -0.133. The summed E-state index contributed by atoms with van der Waals surface area (Å²) >= 11 is 0. The molecule has 21 heavy (non-hydrogen) atoms. The molecule has 0 bridgehead atoms. The number of rotatable bonds is 4. The van der Waals surface area contributed by atoms with Crippen molar-refractivity contribution in [3.63, 3.8) is 0 Å². The van der Waals surface area contributed by atoms with Gasteiger partial charge in [0.2, 0.25) is 5.91 Å². The first kappa shape index (κ1) is 15.8. The van der Waals surface area contributed by atoms with Crippen molar-refractivity contribution in [2.45, 2.75) is 45.1 Å². The highest BCUT2D eigenvalue weighted by Gasteiger charge is 2.26. The average molecular weight is 290 g/mol. The zero-order chi connectivity index (χ0) is 15.4. The standard InChI is InChI=1S/C17H26N2O2/c1-12(14-3-5-16(18)6-4-14)11-17(21)19-9-7-15(8-10-19)13(2)20/h3-6,12-13,15,20H,7-11,18H2,1-2H3. The Morgan fingerprint density at radius 2 is 1.86 bits per heavy atom. The Balaban J connectivity index is 1.86. The second-order valence-electron chi connectivity index (χ2n) is 6.23. The molecule has 4 nitrogen and oxygen atoms in total. The number of piperidine rings is 1. The van der Waals surface area contributed by atoms with Gasteiger partial charge < -0.3 is 15.7 Å². The lowest BCUT2D eigenvalue weighted by Crippen LogP contribution is -2.41. The van der Waals surface area contributed by atoms with Gasteiger partial charge in [-0.15, -0.1) is 0 Å². The third-order valence-electron chi connectivity index (χ3n) is 4.56. The van der Waals surface area contributed by atoms with Crippen molar-refractivity contribution in [2.75, 3.05) is 18.8 Å². The fourth-order valence-electron chi connectivity index (χ4n) is 2.96. The minimum Gasteiger partial charge on any atom is -0.399 e. The Morgan fingerprint density at radius 3 is 2.38 bits per heavy atom. The topological polar surface area (TPSA) is 66.6 Å². The maximum absolute atomic E-state index is 12.4. The van der Waals surface area contributed by atoms with Gasteiger partial charge in [-0.1, -0.05) is 19.1 Å². The van der Waals surface area contributed by atoms with Gasteiger partial charge in [0.15, 0.2) is 0 Å². The smallest absolute Gasteiger partial charge is 0.223 e. The van der Waals surface area contributed by atoms with Crippen LogP contribution in [0.2, 0.25) is 0 Å². The van der Waals surface area contributed by atoms with Gasteiger partial charge in [0, 0.05) is 25.2 Å². The molecule has 1 aliphatic heterocycles. The molecule has 0 aromatic heterocycles. The van der Waals surface area contributed by atoms with E-state index in [1.165, 1.54) is 0 Å². The molecule has 116 valence electrons. The lowest BCUT2D eigenvalue weighted by Gasteiger charge is -2.33. The molecular formula is C17H26N2O2. The van der Waals surface area contributed by atoms with Crippen molar-refractivity contribution < 1.29 is 9.90 Å². The van der Waals surface area contributed by atoms with E-state index in [1.807, 2.05) is 36.1 Å². The largest absolute Gasteiger partial charge is 0.399 e. The zero-order valence-corrected chi connectivity index (χ0v) is 13.0. The van der Waals surface area contributed by atoms with Gasteiger partial charge in [0.25, 0.3) is 0 Å². The van der Waals surface area contributed by atoms with Crippen LogP contribution >= 0.6 is 0 Å². The Bertz CT molecular complexity index is 462. The number of anilines is 1. The number of carbonyl (C=O) groups excluding carboxylic acids is 1. The second kappa shape index (κ2) is 6.94. The fraction of sp³-hybridized carbons (Fsp3) is 0.588. The van der Waals surface area contributed by atoms with Gasteiger partial charge in [0.05, 0.1) is 6.10 Å². The third-order valence-corrected chi connectivity index (χ3v) is 4.56. The number of aliphatic hydroxyl groups excluding tert-OH is 1. The van der Waals surface area contributed by atoms with Crippen molar-refractivity contribution in [1.29, 1.82) is 0 Å². The van der Waals surface area contributed by atoms with Crippen LogP contribution in [0.3, 0.4) is 0 Å². The Labute approximate surface area is 126 Å². The quantitative estimate of drug-likeness (QED) is 0.837. The predicted octanol–water partition coefficient (Wildman–Crippen LogP) is 2.38. The molecule has 1 fully saturated rings. The molecule has 1 saturated heterocycles. The Hall–Kier alpha value is -1.55. The summed E-state index contributed by atoms with van der Waals surface area (Å²) in [5.41, 5.74) is 7.58. The van der Waals surface area contributed by atoms with Gasteiger partial charge in [-0.3, -0.25) is 4.79 Å². The van der Waals surface area contributed by atoms with Crippen molar-refractivity contribution >= 4 is 11.6 Å². The monoisotopic (exact) mass is 290 g/mol. The maximum atomic E-state index is 12.4. The highest BCUT2D eigenvalue weighted by Crippen LogP contribution is 2.24. The molecule has 2 unspecified atom stereocenters. The molecule has 1 aliphatic rings. The van der Waals surface area contributed by atoms with Gasteiger partial charge in [-0.2, -0.15) is 0 Å². The van der Waals surface area contributed by atoms with E-state index in [-0.39, 0.29) is 17.9 Å². The van der Waals surface area contributed by atoms with E-state index in [0.717, 1.165) is 37.2 Å². The number of hydrogen-bond acceptors (Lipinski definition) is 3. The summed E-state index contributed by atoms with van der Waals surface area (Å²) in [6, 6.07) is 7.74. The Kier molecular flexibility index (Phi) is 5.23. The van der Waals surface area contributed by atoms with Crippen LogP contribution in [-0.2, 0) is 4.79 Å². The number of carbonyl (C=O) groups is 1. The van der Waals surface area contributed by atoms with Crippen LogP contribution in [0.4, 0.5) is 5.69 Å². The van der Waals surface area contributed by atoms with Crippen LogP contribution in [-0.4, -0.2) is 35.1 Å². The molecule has 2 atom stereocenters. The van der Waals surface area contributed by atoms with Crippen molar-refractivity contribution in [1.82, 2.24) is 4.90 Å². The van der Waals surface area contributed by atoms with Crippen molar-refractivity contribution in [2.24, 2.45) is 5.92 Å². The number of aliphatic hydroxyl groups is 1. The lowest BCUT2D eigenvalue weighted by atomic mass is 9.91. The summed E-state index contributed by atoms with van der Waals surface area (Å²) < 4.78 is 0. The minimum atomic E-state index is -0.268. The summed E-state index contributed by atoms with van der Waals surface area (Å²) in [6.07, 6.45) is 2.07. The number of nitrogens with zero attached hydrogens (tertiary/aromatic N) is 1. The molecular weight excluding hydrogens is 264 g/mol. The van der Waals surface area contributed by atoms with E-state index in [0.29, 0.717) is 12.3 Å². The van der Waals surface area contributed by atoms with Crippen molar-refractivity contribution in [3.05, 3.63) is 29.8 Å². The van der Waals surface area contributed by atoms with Crippen molar-refractivity contribution in [3.8, 4) is 0 Å². The summed E-state index contributed by atoms with van der Waals surface area (Å²) in [7, 11) is 0. The molecule has 0 saturated carbocycles. The first-order valence-electron chi connectivity index (χ1n) is 7.78. The molecule has 3 N–H and O–H groups in total. The van der Waals surface area contributed by atoms with E-state index in [1.54, 1.807) is 0 Å². The highest BCUT2D eigenvalue weighted by atomic mass is 16.3. The van der Waals surface area contributed by atoms with E-state index in [4.69, 9.17) is 5.73 Å². The molecule has 0 radical (unpaired) electrons. The van der Waals surface area contributed by atoms with E-state index < -0.39 is 0 Å². The normalized spacial score (nSPS) is 19.3. The number of nitrogen functional groups attached to an aromatic ring is 1. The first-order chi connectivity index (χ1) is 9.97. The second-order valence-corrected chi connectivity index (χ2v) is 6.23. The maximum Gasteiger partial charge on any atom is 0.223 e. The number of benzene rings is 1. The first-order valence-corrected chi connectivity index (χ1v) is 7.78. The third kappa shape index (κ3) is 4.21. The number of amides is 1. The van der Waals surface area contributed by atoms with Crippen LogP contribution in [0.1, 0.15) is 44.6 Å². The molecule has 2 rings (SSSR count). The Morgan fingerprint density at radius 1 is 1.29 bits per heavy atom. The van der Waals surface area contributed by atoms with Gasteiger partial charge in [0.1, 0.15) is 0 Å². The molecule has 4 heteroatoms. The summed E-state index contributed by atoms with van der Waals surface area (Å²) in [4.78, 5) is 14.3. The van der Waals surface area contributed by atoms with E-state index in [9.17, 15) is 9.90 Å². The highest BCUT2D eigenvalue weighted by molar-refractivity contribution is 5.77. The minimum absolute atomic E-state index is 0.201. The molecule has 0 spiro atoms. The summed E-state index contributed by atoms with van der Waals surface area (Å²) in [5, 5.41) is 9.60. The van der Waals surface area contributed by atoms with Gasteiger partial charge >= 0.3 is 0 Å². The van der Waals surface area contributed by atoms with Crippen LogP contribution in [0.25, 0.3) is 0 Å². The van der Waals surface area contributed by atoms with Crippen LogP contribution in [0.15, 0.2) is 24.3 Å².